The molecule has 4 aromatic rings. The van der Waals surface area contributed by atoms with E-state index in [1.54, 1.807) is 0 Å². The lowest BCUT2D eigenvalue weighted by Crippen LogP contribution is -2.22. The molecule has 0 aliphatic carbocycles. The summed E-state index contributed by atoms with van der Waals surface area (Å²) < 4.78 is 14.3. The first-order valence-electron chi connectivity index (χ1n) is 11.8. The zero-order valence-corrected chi connectivity index (χ0v) is 21.1. The monoisotopic (exact) mass is 472 g/mol. The third kappa shape index (κ3) is 5.15. The van der Waals surface area contributed by atoms with Gasteiger partial charge >= 0.3 is 0 Å². The number of amides is 1. The van der Waals surface area contributed by atoms with E-state index in [0.717, 1.165) is 27.8 Å². The Labute approximate surface area is 204 Å². The average molecular weight is 473 g/mol. The van der Waals surface area contributed by atoms with Crippen LogP contribution in [0, 0.1) is 6.92 Å². The minimum atomic E-state index is -0.962. The van der Waals surface area contributed by atoms with Crippen LogP contribution in [-0.4, -0.2) is 20.4 Å². The van der Waals surface area contributed by atoms with Gasteiger partial charge in [-0.2, -0.15) is 0 Å². The zero-order valence-electron chi connectivity index (χ0n) is 20.3. The molecule has 4 nitrogen and oxygen atoms in total. The standard InChI is InChI=1S/C29H32N2O2S/c1-5-34(33)27-13-10-22(11-14-27)19-30-29(32)24-12-15-28-25(16-24)18-26(31(28)20(2)3)17-23-9-7-6-8-21(23)4/h6-16,18,20H,5,17,19H2,1-4H3,(H,30,32). The number of hydrogen-bond donors (Lipinski definition) is 1. The fourth-order valence-electron chi connectivity index (χ4n) is 4.39. The normalized spacial score (nSPS) is 12.3. The van der Waals surface area contributed by atoms with Gasteiger partial charge in [0.15, 0.2) is 0 Å². The third-order valence-corrected chi connectivity index (χ3v) is 7.55. The number of aromatic nitrogens is 1. The highest BCUT2D eigenvalue weighted by Crippen LogP contribution is 2.27. The van der Waals surface area contributed by atoms with Gasteiger partial charge in [-0.25, -0.2) is 0 Å². The number of fused-ring (bicyclic) bond motifs is 1. The Balaban J connectivity index is 1.54. The van der Waals surface area contributed by atoms with E-state index in [1.807, 2.05) is 43.3 Å². The molecule has 0 bridgehead atoms. The van der Waals surface area contributed by atoms with Crippen molar-refractivity contribution in [2.24, 2.45) is 0 Å². The van der Waals surface area contributed by atoms with E-state index in [-0.39, 0.29) is 5.91 Å². The molecule has 1 heterocycles. The smallest absolute Gasteiger partial charge is 0.251 e. The maximum atomic E-state index is 12.9. The Bertz CT molecular complexity index is 1340. The third-order valence-electron chi connectivity index (χ3n) is 6.23. The molecule has 0 radical (unpaired) electrons. The van der Waals surface area contributed by atoms with Gasteiger partial charge in [0.2, 0.25) is 0 Å². The summed E-state index contributed by atoms with van der Waals surface area (Å²) in [4.78, 5) is 13.7. The lowest BCUT2D eigenvalue weighted by atomic mass is 10.0. The lowest BCUT2D eigenvalue weighted by Gasteiger charge is -2.16. The highest BCUT2D eigenvalue weighted by Gasteiger charge is 2.15. The fraction of sp³-hybridized carbons (Fsp3) is 0.276. The second kappa shape index (κ2) is 10.4. The SMILES string of the molecule is CCS(=O)c1ccc(CNC(=O)c2ccc3c(c2)cc(Cc2ccccc2C)n3C(C)C)cc1. The Hall–Kier alpha value is -3.18. The molecule has 3 aromatic carbocycles. The first-order chi connectivity index (χ1) is 16.4. The Morgan fingerprint density at radius 2 is 1.74 bits per heavy atom. The van der Waals surface area contributed by atoms with E-state index in [4.69, 9.17) is 0 Å². The van der Waals surface area contributed by atoms with Crippen molar-refractivity contribution in [2.45, 2.75) is 51.6 Å². The highest BCUT2D eigenvalue weighted by molar-refractivity contribution is 7.85. The molecule has 4 rings (SSSR count). The van der Waals surface area contributed by atoms with Gasteiger partial charge in [0.25, 0.3) is 5.91 Å². The Morgan fingerprint density at radius 3 is 2.41 bits per heavy atom. The van der Waals surface area contributed by atoms with E-state index < -0.39 is 10.8 Å². The van der Waals surface area contributed by atoms with Crippen molar-refractivity contribution in [3.8, 4) is 0 Å². The highest BCUT2D eigenvalue weighted by atomic mass is 32.2. The van der Waals surface area contributed by atoms with Crippen LogP contribution >= 0.6 is 0 Å². The van der Waals surface area contributed by atoms with Gasteiger partial charge in [-0.1, -0.05) is 43.3 Å². The van der Waals surface area contributed by atoms with Crippen molar-refractivity contribution >= 4 is 27.6 Å². The number of rotatable bonds is 8. The van der Waals surface area contributed by atoms with Crippen LogP contribution in [0.3, 0.4) is 0 Å². The molecule has 1 unspecified atom stereocenters. The van der Waals surface area contributed by atoms with E-state index in [9.17, 15) is 9.00 Å². The van der Waals surface area contributed by atoms with Gasteiger partial charge in [0.1, 0.15) is 0 Å². The van der Waals surface area contributed by atoms with Crippen LogP contribution in [0.25, 0.3) is 10.9 Å². The summed E-state index contributed by atoms with van der Waals surface area (Å²) in [7, 11) is -0.962. The van der Waals surface area contributed by atoms with Gasteiger partial charge in [-0.3, -0.25) is 9.00 Å². The quantitative estimate of drug-likeness (QED) is 0.333. The summed E-state index contributed by atoms with van der Waals surface area (Å²) in [5, 5.41) is 4.09. The summed E-state index contributed by atoms with van der Waals surface area (Å²) in [6.07, 6.45) is 0.861. The van der Waals surface area contributed by atoms with E-state index in [2.05, 4.69) is 67.1 Å². The zero-order chi connectivity index (χ0) is 24.2. The van der Waals surface area contributed by atoms with E-state index in [0.29, 0.717) is 23.9 Å². The molecular formula is C29H32N2O2S. The molecule has 0 aliphatic heterocycles. The minimum absolute atomic E-state index is 0.0964. The molecule has 34 heavy (non-hydrogen) atoms. The molecule has 176 valence electrons. The molecular weight excluding hydrogens is 440 g/mol. The van der Waals surface area contributed by atoms with Crippen LogP contribution in [0.15, 0.2) is 77.7 Å². The largest absolute Gasteiger partial charge is 0.348 e. The fourth-order valence-corrected chi connectivity index (χ4v) is 5.17. The maximum Gasteiger partial charge on any atom is 0.251 e. The number of hydrogen-bond acceptors (Lipinski definition) is 2. The summed E-state index contributed by atoms with van der Waals surface area (Å²) in [6.45, 7) is 8.88. The molecule has 1 N–H and O–H groups in total. The topological polar surface area (TPSA) is 51.1 Å². The van der Waals surface area contributed by atoms with Crippen molar-refractivity contribution in [3.05, 3.63) is 101 Å². The van der Waals surface area contributed by atoms with Crippen molar-refractivity contribution in [3.63, 3.8) is 0 Å². The molecule has 0 saturated heterocycles. The van der Waals surface area contributed by atoms with Crippen LogP contribution in [0.1, 0.15) is 59.6 Å². The van der Waals surface area contributed by atoms with Crippen molar-refractivity contribution in [1.29, 1.82) is 0 Å². The number of aryl methyl sites for hydroxylation is 1. The average Bonchev–Trinajstić information content (AvgIpc) is 3.21. The van der Waals surface area contributed by atoms with Crippen LogP contribution in [0.5, 0.6) is 0 Å². The van der Waals surface area contributed by atoms with Crippen LogP contribution in [-0.2, 0) is 23.8 Å². The predicted molar refractivity (Wildman–Crippen MR) is 141 cm³/mol. The number of carbonyl (C=O) groups is 1. The van der Waals surface area contributed by atoms with Crippen molar-refractivity contribution < 1.29 is 9.00 Å². The Kier molecular flexibility index (Phi) is 7.32. The van der Waals surface area contributed by atoms with Crippen LogP contribution in [0.4, 0.5) is 0 Å². The van der Waals surface area contributed by atoms with Gasteiger partial charge < -0.3 is 9.88 Å². The molecule has 1 amide bonds. The van der Waals surface area contributed by atoms with Gasteiger partial charge in [-0.05, 0) is 73.9 Å². The first-order valence-corrected chi connectivity index (χ1v) is 13.1. The number of nitrogens with one attached hydrogen (secondary N) is 1. The first kappa shape index (κ1) is 24.0. The summed E-state index contributed by atoms with van der Waals surface area (Å²) >= 11 is 0. The molecule has 0 spiro atoms. The predicted octanol–water partition coefficient (Wildman–Crippen LogP) is 6.18. The van der Waals surface area contributed by atoms with Gasteiger partial charge in [0.05, 0.1) is 10.8 Å². The number of benzene rings is 3. The summed E-state index contributed by atoms with van der Waals surface area (Å²) in [5.74, 6) is 0.505. The summed E-state index contributed by atoms with van der Waals surface area (Å²) in [6, 6.07) is 24.6. The van der Waals surface area contributed by atoms with Gasteiger partial charge in [-0.15, -0.1) is 0 Å². The van der Waals surface area contributed by atoms with Gasteiger partial charge in [0, 0.05) is 51.8 Å². The lowest BCUT2D eigenvalue weighted by molar-refractivity contribution is 0.0951. The minimum Gasteiger partial charge on any atom is -0.348 e. The Morgan fingerprint density at radius 1 is 1.00 bits per heavy atom. The molecule has 5 heteroatoms. The number of carbonyl (C=O) groups excluding carboxylic acids is 1. The second-order valence-corrected chi connectivity index (χ2v) is 10.7. The molecule has 1 aromatic heterocycles. The number of nitrogens with zero attached hydrogens (tertiary/aromatic N) is 1. The molecule has 1 atom stereocenters. The van der Waals surface area contributed by atoms with Crippen molar-refractivity contribution in [2.75, 3.05) is 5.75 Å². The summed E-state index contributed by atoms with van der Waals surface area (Å²) in [5.41, 5.74) is 6.64. The molecule has 0 aliphatic rings. The van der Waals surface area contributed by atoms with E-state index in [1.165, 1.54) is 16.8 Å². The van der Waals surface area contributed by atoms with Crippen LogP contribution in [0.2, 0.25) is 0 Å². The van der Waals surface area contributed by atoms with Crippen molar-refractivity contribution in [1.82, 2.24) is 9.88 Å². The van der Waals surface area contributed by atoms with E-state index >= 15 is 0 Å². The maximum absolute atomic E-state index is 12.9. The second-order valence-electron chi connectivity index (χ2n) is 8.94. The molecule has 0 saturated carbocycles. The van der Waals surface area contributed by atoms with Crippen LogP contribution < -0.4 is 5.32 Å². The molecule has 0 fully saturated rings.